The van der Waals surface area contributed by atoms with Gasteiger partial charge < -0.3 is 0 Å². The number of thiophene rings is 1. The molecule has 0 amide bonds. The zero-order valence-corrected chi connectivity index (χ0v) is 14.9. The van der Waals surface area contributed by atoms with Gasteiger partial charge in [0.25, 0.3) is 0 Å². The molecule has 128 valence electrons. The van der Waals surface area contributed by atoms with Crippen LogP contribution in [0.2, 0.25) is 0 Å². The SMILES string of the molecule is O=C(CCCSc1n[nH]c(/C=C/c2cccs2)n1)c1ccc(F)cc1. The number of carbonyl (C=O) groups is 1. The summed E-state index contributed by atoms with van der Waals surface area (Å²) in [6.07, 6.45) is 5.02. The molecule has 0 aliphatic rings. The van der Waals surface area contributed by atoms with Crippen LogP contribution in [0.1, 0.15) is 33.9 Å². The molecule has 0 bridgehead atoms. The maximum atomic E-state index is 12.8. The lowest BCUT2D eigenvalue weighted by Gasteiger charge is -2.00. The second-order valence-electron chi connectivity index (χ2n) is 5.23. The van der Waals surface area contributed by atoms with E-state index >= 15 is 0 Å². The van der Waals surface area contributed by atoms with Crippen molar-refractivity contribution in [1.29, 1.82) is 0 Å². The zero-order chi connectivity index (χ0) is 17.5. The number of nitrogens with one attached hydrogen (secondary N) is 1. The maximum Gasteiger partial charge on any atom is 0.208 e. The zero-order valence-electron chi connectivity index (χ0n) is 13.3. The lowest BCUT2D eigenvalue weighted by molar-refractivity contribution is 0.0982. The molecular formula is C18H16FN3OS2. The van der Waals surface area contributed by atoms with E-state index < -0.39 is 0 Å². The molecule has 25 heavy (non-hydrogen) atoms. The Bertz CT molecular complexity index is 842. The van der Waals surface area contributed by atoms with Crippen molar-refractivity contribution in [3.63, 3.8) is 0 Å². The summed E-state index contributed by atoms with van der Waals surface area (Å²) in [7, 11) is 0. The van der Waals surface area contributed by atoms with Crippen LogP contribution < -0.4 is 0 Å². The maximum absolute atomic E-state index is 12.8. The van der Waals surface area contributed by atoms with Crippen molar-refractivity contribution < 1.29 is 9.18 Å². The van der Waals surface area contributed by atoms with Crippen molar-refractivity contribution in [2.24, 2.45) is 0 Å². The summed E-state index contributed by atoms with van der Waals surface area (Å²) < 4.78 is 12.8. The summed E-state index contributed by atoms with van der Waals surface area (Å²) in [5.74, 6) is 1.15. The van der Waals surface area contributed by atoms with Gasteiger partial charge in [-0.25, -0.2) is 9.37 Å². The second-order valence-corrected chi connectivity index (χ2v) is 7.28. The van der Waals surface area contributed by atoms with Crippen molar-refractivity contribution in [2.75, 3.05) is 5.75 Å². The van der Waals surface area contributed by atoms with Crippen LogP contribution in [0.25, 0.3) is 12.2 Å². The van der Waals surface area contributed by atoms with Gasteiger partial charge in [0.15, 0.2) is 5.78 Å². The van der Waals surface area contributed by atoms with Crippen LogP contribution in [0.4, 0.5) is 4.39 Å². The van der Waals surface area contributed by atoms with E-state index in [9.17, 15) is 9.18 Å². The van der Waals surface area contributed by atoms with Crippen LogP contribution in [0.5, 0.6) is 0 Å². The lowest BCUT2D eigenvalue weighted by atomic mass is 10.1. The highest BCUT2D eigenvalue weighted by Crippen LogP contribution is 2.17. The summed E-state index contributed by atoms with van der Waals surface area (Å²) in [6.45, 7) is 0. The normalized spacial score (nSPS) is 11.2. The van der Waals surface area contributed by atoms with E-state index in [4.69, 9.17) is 0 Å². The average molecular weight is 373 g/mol. The average Bonchev–Trinajstić information content (AvgIpc) is 3.29. The van der Waals surface area contributed by atoms with Crippen molar-refractivity contribution >= 4 is 41.0 Å². The van der Waals surface area contributed by atoms with Gasteiger partial charge >= 0.3 is 0 Å². The standard InChI is InChI=1S/C18H16FN3OS2/c19-14-7-5-13(6-8-14)16(23)4-2-12-25-18-20-17(21-22-18)10-9-15-3-1-11-24-15/h1,3,5-11H,2,4,12H2,(H,20,21,22)/b10-9+. The fourth-order valence-corrected chi connectivity index (χ4v) is 3.48. The molecular weight excluding hydrogens is 357 g/mol. The number of ketones is 1. The lowest BCUT2D eigenvalue weighted by Crippen LogP contribution is -1.99. The predicted octanol–water partition coefficient (Wildman–Crippen LogP) is 4.93. The number of nitrogens with zero attached hydrogens (tertiary/aromatic N) is 2. The van der Waals surface area contributed by atoms with Crippen molar-refractivity contribution in [2.45, 2.75) is 18.0 Å². The molecule has 2 aromatic heterocycles. The molecule has 1 N–H and O–H groups in total. The minimum atomic E-state index is -0.333. The van der Waals surface area contributed by atoms with Crippen LogP contribution >= 0.6 is 23.1 Å². The van der Waals surface area contributed by atoms with Crippen LogP contribution in [0.3, 0.4) is 0 Å². The van der Waals surface area contributed by atoms with Crippen molar-refractivity contribution in [3.05, 3.63) is 63.9 Å². The van der Waals surface area contributed by atoms with Crippen molar-refractivity contribution in [3.8, 4) is 0 Å². The quantitative estimate of drug-likeness (QED) is 0.345. The van der Waals surface area contributed by atoms with Gasteiger partial charge in [-0.05, 0) is 54.3 Å². The van der Waals surface area contributed by atoms with Crippen LogP contribution in [0.15, 0.2) is 46.9 Å². The molecule has 3 rings (SSSR count). The van der Waals surface area contributed by atoms with Gasteiger partial charge in [-0.3, -0.25) is 9.89 Å². The first kappa shape index (κ1) is 17.6. The van der Waals surface area contributed by atoms with Crippen LogP contribution in [-0.4, -0.2) is 26.7 Å². The van der Waals surface area contributed by atoms with E-state index in [1.165, 1.54) is 36.0 Å². The molecule has 0 aliphatic heterocycles. The van der Waals surface area contributed by atoms with E-state index in [1.807, 2.05) is 29.7 Å². The second kappa shape index (κ2) is 8.73. The Morgan fingerprint density at radius 2 is 2.08 bits per heavy atom. The number of hydrogen-bond acceptors (Lipinski definition) is 5. The Balaban J connectivity index is 1.42. The third-order valence-electron chi connectivity index (χ3n) is 3.38. The smallest absolute Gasteiger partial charge is 0.208 e. The van der Waals surface area contributed by atoms with Gasteiger partial charge in [-0.15, -0.1) is 16.4 Å². The Labute approximate surface area is 153 Å². The summed E-state index contributed by atoms with van der Waals surface area (Å²) in [5.41, 5.74) is 0.547. The fourth-order valence-electron chi connectivity index (χ4n) is 2.12. The van der Waals surface area contributed by atoms with Gasteiger partial charge in [0, 0.05) is 22.6 Å². The monoisotopic (exact) mass is 373 g/mol. The van der Waals surface area contributed by atoms with E-state index in [0.29, 0.717) is 23.0 Å². The predicted molar refractivity (Wildman–Crippen MR) is 100 cm³/mol. The molecule has 2 heterocycles. The van der Waals surface area contributed by atoms with E-state index in [0.717, 1.165) is 17.1 Å². The largest absolute Gasteiger partial charge is 0.294 e. The van der Waals surface area contributed by atoms with Gasteiger partial charge in [-0.2, -0.15) is 0 Å². The number of rotatable bonds is 8. The fraction of sp³-hybridized carbons (Fsp3) is 0.167. The molecule has 0 atom stereocenters. The molecule has 0 spiro atoms. The molecule has 0 unspecified atom stereocenters. The topological polar surface area (TPSA) is 58.6 Å². The summed E-state index contributed by atoms with van der Waals surface area (Å²) in [6, 6.07) is 9.69. The van der Waals surface area contributed by atoms with Gasteiger partial charge in [-0.1, -0.05) is 17.8 Å². The first-order valence-corrected chi connectivity index (χ1v) is 9.63. The third kappa shape index (κ3) is 5.37. The molecule has 3 aromatic rings. The third-order valence-corrected chi connectivity index (χ3v) is 5.15. The molecule has 0 saturated heterocycles. The van der Waals surface area contributed by atoms with E-state index in [2.05, 4.69) is 15.2 Å². The highest BCUT2D eigenvalue weighted by Gasteiger charge is 2.07. The Morgan fingerprint density at radius 1 is 1.24 bits per heavy atom. The first-order chi connectivity index (χ1) is 12.2. The molecule has 0 aliphatic carbocycles. The Morgan fingerprint density at radius 3 is 2.84 bits per heavy atom. The van der Waals surface area contributed by atoms with Gasteiger partial charge in [0.2, 0.25) is 5.16 Å². The molecule has 0 fully saturated rings. The van der Waals surface area contributed by atoms with Gasteiger partial charge in [0.1, 0.15) is 11.6 Å². The molecule has 0 saturated carbocycles. The number of halogens is 1. The summed E-state index contributed by atoms with van der Waals surface area (Å²) in [4.78, 5) is 17.5. The highest BCUT2D eigenvalue weighted by atomic mass is 32.2. The first-order valence-electron chi connectivity index (χ1n) is 7.76. The number of H-pyrrole nitrogens is 1. The molecule has 7 heteroatoms. The number of Topliss-reactive ketones (excluding diaryl/α,β-unsaturated/α-hetero) is 1. The van der Waals surface area contributed by atoms with Crippen LogP contribution in [0, 0.1) is 5.82 Å². The van der Waals surface area contributed by atoms with Gasteiger partial charge in [0.05, 0.1) is 0 Å². The minimum Gasteiger partial charge on any atom is -0.294 e. The number of carbonyl (C=O) groups excluding carboxylic acids is 1. The summed E-state index contributed by atoms with van der Waals surface area (Å²) in [5, 5.41) is 9.72. The minimum absolute atomic E-state index is 0.0233. The van der Waals surface area contributed by atoms with E-state index in [1.54, 1.807) is 11.3 Å². The number of benzene rings is 1. The Hall–Kier alpha value is -2.25. The number of thioether (sulfide) groups is 1. The molecule has 0 radical (unpaired) electrons. The van der Waals surface area contributed by atoms with Crippen molar-refractivity contribution in [1.82, 2.24) is 15.2 Å². The molecule has 4 nitrogen and oxygen atoms in total. The number of hydrogen-bond donors (Lipinski definition) is 1. The molecule has 1 aromatic carbocycles. The number of aromatic nitrogens is 3. The summed E-state index contributed by atoms with van der Waals surface area (Å²) >= 11 is 3.17. The Kier molecular flexibility index (Phi) is 6.14. The van der Waals surface area contributed by atoms with Crippen LogP contribution in [-0.2, 0) is 0 Å². The highest BCUT2D eigenvalue weighted by molar-refractivity contribution is 7.99. The van der Waals surface area contributed by atoms with E-state index in [-0.39, 0.29) is 11.6 Å². The number of aromatic amines is 1.